The Morgan fingerprint density at radius 1 is 1.35 bits per heavy atom. The Labute approximate surface area is 161 Å². The van der Waals surface area contributed by atoms with Crippen LogP contribution in [0.5, 0.6) is 5.88 Å². The Morgan fingerprint density at radius 3 is 2.88 bits per heavy atom. The van der Waals surface area contributed by atoms with Crippen molar-refractivity contribution < 1.29 is 9.53 Å². The predicted octanol–water partition coefficient (Wildman–Crippen LogP) is 5.46. The number of benzene rings is 1. The van der Waals surface area contributed by atoms with E-state index in [9.17, 15) is 4.79 Å². The highest BCUT2D eigenvalue weighted by atomic mass is 35.5. The fraction of sp³-hybridized carbons (Fsp3) is 0.263. The first-order valence-electron chi connectivity index (χ1n) is 8.31. The number of amides is 1. The molecule has 26 heavy (non-hydrogen) atoms. The fourth-order valence-electron chi connectivity index (χ4n) is 2.66. The molecule has 0 aliphatic heterocycles. The Morgan fingerprint density at radius 2 is 2.19 bits per heavy atom. The van der Waals surface area contributed by atoms with Crippen LogP contribution in [0.1, 0.15) is 25.0 Å². The molecule has 7 heteroatoms. The van der Waals surface area contributed by atoms with Crippen molar-refractivity contribution in [2.24, 2.45) is 5.92 Å². The van der Waals surface area contributed by atoms with Gasteiger partial charge in [-0.15, -0.1) is 11.3 Å². The predicted molar refractivity (Wildman–Crippen MR) is 105 cm³/mol. The number of thiazole rings is 1. The zero-order chi connectivity index (χ0) is 18.5. The van der Waals surface area contributed by atoms with Crippen molar-refractivity contribution in [3.05, 3.63) is 64.3 Å². The van der Waals surface area contributed by atoms with Gasteiger partial charge in [-0.3, -0.25) is 5.32 Å². The molecule has 0 saturated carbocycles. The molecule has 3 rings (SSSR count). The minimum absolute atomic E-state index is 0.495. The first-order valence-corrected chi connectivity index (χ1v) is 9.57. The van der Waals surface area contributed by atoms with E-state index in [0.29, 0.717) is 28.5 Å². The Balaban J connectivity index is 1.79. The van der Waals surface area contributed by atoms with Gasteiger partial charge in [0, 0.05) is 28.9 Å². The average molecular weight is 390 g/mol. The maximum Gasteiger partial charge on any atom is 0.420 e. The van der Waals surface area contributed by atoms with E-state index in [2.05, 4.69) is 24.1 Å². The van der Waals surface area contributed by atoms with Gasteiger partial charge in [0.1, 0.15) is 0 Å². The molecule has 3 aromatic rings. The summed E-state index contributed by atoms with van der Waals surface area (Å²) < 4.78 is 7.45. The molecule has 136 valence electrons. The molecule has 0 atom stereocenters. The number of halogens is 1. The van der Waals surface area contributed by atoms with Crippen LogP contribution >= 0.6 is 22.9 Å². The first kappa shape index (κ1) is 18.5. The van der Waals surface area contributed by atoms with E-state index in [1.165, 1.54) is 11.3 Å². The Hall–Kier alpha value is -2.31. The van der Waals surface area contributed by atoms with Gasteiger partial charge in [0.05, 0.1) is 6.54 Å². The van der Waals surface area contributed by atoms with Gasteiger partial charge in [0.2, 0.25) is 5.88 Å². The number of nitrogens with zero attached hydrogens (tertiary/aromatic N) is 2. The van der Waals surface area contributed by atoms with Crippen LogP contribution < -0.4 is 10.1 Å². The normalized spacial score (nSPS) is 10.9. The summed E-state index contributed by atoms with van der Waals surface area (Å²) in [6.45, 7) is 4.88. The Bertz CT molecular complexity index is 875. The summed E-state index contributed by atoms with van der Waals surface area (Å²) in [5.41, 5.74) is 2.16. The second kappa shape index (κ2) is 8.38. The van der Waals surface area contributed by atoms with Gasteiger partial charge in [0.25, 0.3) is 0 Å². The number of hydrogen-bond acceptors (Lipinski definition) is 4. The van der Waals surface area contributed by atoms with E-state index in [0.717, 1.165) is 17.5 Å². The van der Waals surface area contributed by atoms with Gasteiger partial charge in [-0.1, -0.05) is 37.6 Å². The molecular formula is C19H20ClN3O2S. The zero-order valence-electron chi connectivity index (χ0n) is 14.6. The van der Waals surface area contributed by atoms with E-state index in [1.807, 2.05) is 41.1 Å². The molecular weight excluding hydrogens is 370 g/mol. The third kappa shape index (κ3) is 5.09. The maximum absolute atomic E-state index is 12.2. The van der Waals surface area contributed by atoms with Crippen molar-refractivity contribution in [1.29, 1.82) is 0 Å². The molecule has 2 heterocycles. The summed E-state index contributed by atoms with van der Waals surface area (Å²) in [7, 11) is 0. The molecule has 0 radical (unpaired) electrons. The third-order valence-corrected chi connectivity index (χ3v) is 4.56. The number of nitrogens with one attached hydrogen (secondary N) is 1. The van der Waals surface area contributed by atoms with Crippen LogP contribution in [-0.4, -0.2) is 15.6 Å². The SMILES string of the molecule is CC(C)Cc1cc(OC(=O)Nc2nccs2)n(Cc2cccc(Cl)c2)c1. The van der Waals surface area contributed by atoms with Crippen LogP contribution in [0, 0.1) is 5.92 Å². The first-order chi connectivity index (χ1) is 12.5. The second-order valence-electron chi connectivity index (χ2n) is 6.39. The summed E-state index contributed by atoms with van der Waals surface area (Å²) >= 11 is 7.42. The van der Waals surface area contributed by atoms with E-state index in [-0.39, 0.29) is 0 Å². The quantitative estimate of drug-likeness (QED) is 0.609. The molecule has 2 aromatic heterocycles. The molecule has 0 bridgehead atoms. The lowest BCUT2D eigenvalue weighted by molar-refractivity contribution is 0.211. The molecule has 0 unspecified atom stereocenters. The zero-order valence-corrected chi connectivity index (χ0v) is 16.2. The van der Waals surface area contributed by atoms with Gasteiger partial charge < -0.3 is 9.30 Å². The lowest BCUT2D eigenvalue weighted by Gasteiger charge is -2.10. The van der Waals surface area contributed by atoms with Crippen LogP contribution in [-0.2, 0) is 13.0 Å². The van der Waals surface area contributed by atoms with Gasteiger partial charge in [-0.2, -0.15) is 0 Å². The number of carbonyl (C=O) groups is 1. The van der Waals surface area contributed by atoms with Crippen LogP contribution in [0.3, 0.4) is 0 Å². The standard InChI is InChI=1S/C19H20ClN3O2S/c1-13(2)8-15-10-17(25-19(24)22-18-21-6-7-26-18)23(12-15)11-14-4-3-5-16(20)9-14/h3-7,9-10,12-13H,8,11H2,1-2H3,(H,21,22,24). The largest absolute Gasteiger partial charge is 0.420 e. The minimum atomic E-state index is -0.554. The van der Waals surface area contributed by atoms with Gasteiger partial charge in [-0.25, -0.2) is 9.78 Å². The van der Waals surface area contributed by atoms with Crippen LogP contribution in [0.4, 0.5) is 9.93 Å². The van der Waals surface area contributed by atoms with Crippen molar-refractivity contribution in [1.82, 2.24) is 9.55 Å². The van der Waals surface area contributed by atoms with Crippen LogP contribution in [0.2, 0.25) is 5.02 Å². The van der Waals surface area contributed by atoms with E-state index in [4.69, 9.17) is 16.3 Å². The third-order valence-electron chi connectivity index (χ3n) is 3.64. The molecule has 0 saturated heterocycles. The number of anilines is 1. The van der Waals surface area contributed by atoms with Crippen molar-refractivity contribution >= 4 is 34.2 Å². The number of ether oxygens (including phenoxy) is 1. The van der Waals surface area contributed by atoms with E-state index < -0.39 is 6.09 Å². The monoisotopic (exact) mass is 389 g/mol. The van der Waals surface area contributed by atoms with Crippen molar-refractivity contribution in [2.75, 3.05) is 5.32 Å². The minimum Gasteiger partial charge on any atom is -0.393 e. The van der Waals surface area contributed by atoms with Crippen molar-refractivity contribution in [3.8, 4) is 5.88 Å². The number of aromatic nitrogens is 2. The molecule has 0 aliphatic carbocycles. The molecule has 0 spiro atoms. The Kier molecular flexibility index (Phi) is 5.96. The van der Waals surface area contributed by atoms with Crippen LogP contribution in [0.15, 0.2) is 48.1 Å². The summed E-state index contributed by atoms with van der Waals surface area (Å²) in [6.07, 6.45) is 4.00. The van der Waals surface area contributed by atoms with E-state index >= 15 is 0 Å². The van der Waals surface area contributed by atoms with Crippen molar-refractivity contribution in [2.45, 2.75) is 26.8 Å². The maximum atomic E-state index is 12.2. The lowest BCUT2D eigenvalue weighted by atomic mass is 10.1. The molecule has 0 fully saturated rings. The molecule has 5 nitrogen and oxygen atoms in total. The summed E-state index contributed by atoms with van der Waals surface area (Å²) in [5.74, 6) is 1.00. The van der Waals surface area contributed by atoms with Gasteiger partial charge in [0.15, 0.2) is 5.13 Å². The number of carbonyl (C=O) groups excluding carboxylic acids is 1. The topological polar surface area (TPSA) is 56.1 Å². The number of hydrogen-bond donors (Lipinski definition) is 1. The highest BCUT2D eigenvalue weighted by Crippen LogP contribution is 2.23. The molecule has 1 amide bonds. The van der Waals surface area contributed by atoms with E-state index in [1.54, 1.807) is 11.6 Å². The highest BCUT2D eigenvalue weighted by molar-refractivity contribution is 7.13. The fourth-order valence-corrected chi connectivity index (χ4v) is 3.39. The van der Waals surface area contributed by atoms with Crippen LogP contribution in [0.25, 0.3) is 0 Å². The summed E-state index contributed by atoms with van der Waals surface area (Å²) in [6, 6.07) is 9.55. The van der Waals surface area contributed by atoms with Crippen molar-refractivity contribution in [3.63, 3.8) is 0 Å². The second-order valence-corrected chi connectivity index (χ2v) is 7.73. The van der Waals surface area contributed by atoms with Gasteiger partial charge in [-0.05, 0) is 35.6 Å². The average Bonchev–Trinajstić information content (AvgIpc) is 3.17. The highest BCUT2D eigenvalue weighted by Gasteiger charge is 2.14. The lowest BCUT2D eigenvalue weighted by Crippen LogP contribution is -2.18. The summed E-state index contributed by atoms with van der Waals surface area (Å²) in [4.78, 5) is 16.2. The summed E-state index contributed by atoms with van der Waals surface area (Å²) in [5, 5.41) is 5.61. The number of rotatable bonds is 6. The van der Waals surface area contributed by atoms with Gasteiger partial charge >= 0.3 is 6.09 Å². The molecule has 0 aliphatic rings. The smallest absolute Gasteiger partial charge is 0.393 e. The molecule has 1 aromatic carbocycles. The molecule has 1 N–H and O–H groups in total.